The molecule has 0 aliphatic carbocycles. The summed E-state index contributed by atoms with van der Waals surface area (Å²) in [6.45, 7) is 4.78. The van der Waals surface area contributed by atoms with Gasteiger partial charge in [-0.2, -0.15) is 13.2 Å². The summed E-state index contributed by atoms with van der Waals surface area (Å²) in [6, 6.07) is 3.16. The number of anilines is 1. The average Bonchev–Trinajstić information content (AvgIpc) is 2.23. The Labute approximate surface area is 115 Å². The molecule has 0 saturated heterocycles. The van der Waals surface area contributed by atoms with E-state index in [1.807, 2.05) is 0 Å². The van der Waals surface area contributed by atoms with Crippen LogP contribution in [0.2, 0.25) is 0 Å². The molecular formula is C13H17F3N2O2. The number of ether oxygens (including phenoxy) is 1. The normalized spacial score (nSPS) is 12.1. The summed E-state index contributed by atoms with van der Waals surface area (Å²) in [6.07, 6.45) is -4.59. The van der Waals surface area contributed by atoms with E-state index in [9.17, 15) is 18.0 Å². The van der Waals surface area contributed by atoms with E-state index in [4.69, 9.17) is 10.5 Å². The zero-order chi connectivity index (χ0) is 15.6. The van der Waals surface area contributed by atoms with Gasteiger partial charge < -0.3 is 15.8 Å². The molecule has 0 heterocycles. The highest BCUT2D eigenvalue weighted by atomic mass is 19.4. The predicted molar refractivity (Wildman–Crippen MR) is 69.2 cm³/mol. The van der Waals surface area contributed by atoms with Gasteiger partial charge in [0.2, 0.25) is 0 Å². The smallest absolute Gasteiger partial charge is 0.420 e. The van der Waals surface area contributed by atoms with Crippen LogP contribution in [0.4, 0.5) is 18.9 Å². The molecular weight excluding hydrogens is 273 g/mol. The third-order valence-electron chi connectivity index (χ3n) is 2.18. The predicted octanol–water partition coefficient (Wildman–Crippen LogP) is 2.58. The number of halogens is 3. The molecule has 0 bridgehead atoms. The number of hydrogen-bond donors (Lipinski definition) is 2. The van der Waals surface area contributed by atoms with Crippen LogP contribution in [0.1, 0.15) is 26.3 Å². The van der Waals surface area contributed by atoms with Crippen molar-refractivity contribution in [1.82, 2.24) is 5.32 Å². The van der Waals surface area contributed by atoms with Crippen LogP contribution in [0.25, 0.3) is 0 Å². The highest BCUT2D eigenvalue weighted by molar-refractivity contribution is 5.78. The van der Waals surface area contributed by atoms with Crippen LogP contribution >= 0.6 is 0 Å². The number of alkyl halides is 3. The first-order chi connectivity index (χ1) is 8.99. The van der Waals surface area contributed by atoms with E-state index in [0.29, 0.717) is 0 Å². The van der Waals surface area contributed by atoms with E-state index in [2.05, 4.69) is 5.32 Å². The minimum absolute atomic E-state index is 0.0242. The summed E-state index contributed by atoms with van der Waals surface area (Å²) < 4.78 is 43.3. The highest BCUT2D eigenvalue weighted by Gasteiger charge is 2.34. The molecule has 0 radical (unpaired) electrons. The van der Waals surface area contributed by atoms with Gasteiger partial charge in [-0.1, -0.05) is 0 Å². The summed E-state index contributed by atoms with van der Waals surface area (Å²) in [5.74, 6) is -0.918. The third-order valence-corrected chi connectivity index (χ3v) is 2.18. The standard InChI is InChI=1S/C13H17F3N2O2/c1-12(2,3)18-11(19)7-20-10-5-4-8(17)6-9(10)13(14,15)16/h4-6H,7,17H2,1-3H3,(H,18,19). The minimum atomic E-state index is -4.59. The van der Waals surface area contributed by atoms with Crippen molar-refractivity contribution in [2.24, 2.45) is 0 Å². The van der Waals surface area contributed by atoms with Crippen molar-refractivity contribution in [3.05, 3.63) is 23.8 Å². The molecule has 0 fully saturated rings. The summed E-state index contributed by atoms with van der Waals surface area (Å²) in [5.41, 5.74) is 3.83. The van der Waals surface area contributed by atoms with Crippen molar-refractivity contribution in [3.63, 3.8) is 0 Å². The second kappa shape index (κ2) is 5.60. The number of nitrogens with one attached hydrogen (secondary N) is 1. The summed E-state index contributed by atoms with van der Waals surface area (Å²) >= 11 is 0. The molecule has 1 aromatic carbocycles. The second-order valence-corrected chi connectivity index (χ2v) is 5.34. The maximum absolute atomic E-state index is 12.8. The molecule has 1 rings (SSSR count). The Morgan fingerprint density at radius 3 is 2.40 bits per heavy atom. The number of nitrogens with two attached hydrogens (primary N) is 1. The SMILES string of the molecule is CC(C)(C)NC(=O)COc1ccc(N)cc1C(F)(F)F. The molecule has 0 aliphatic rings. The van der Waals surface area contributed by atoms with Gasteiger partial charge in [-0.25, -0.2) is 0 Å². The van der Waals surface area contributed by atoms with Crippen LogP contribution < -0.4 is 15.8 Å². The molecule has 3 N–H and O–H groups in total. The first kappa shape index (κ1) is 16.1. The number of carbonyl (C=O) groups is 1. The molecule has 20 heavy (non-hydrogen) atoms. The molecule has 7 heteroatoms. The van der Waals surface area contributed by atoms with Gasteiger partial charge >= 0.3 is 6.18 Å². The van der Waals surface area contributed by atoms with Gasteiger partial charge in [0.15, 0.2) is 6.61 Å². The van der Waals surface area contributed by atoms with E-state index < -0.39 is 35.5 Å². The second-order valence-electron chi connectivity index (χ2n) is 5.34. The summed E-state index contributed by atoms with van der Waals surface area (Å²) in [5, 5.41) is 2.59. The maximum Gasteiger partial charge on any atom is 0.420 e. The fraction of sp³-hybridized carbons (Fsp3) is 0.462. The van der Waals surface area contributed by atoms with Crippen molar-refractivity contribution in [1.29, 1.82) is 0 Å². The number of amides is 1. The van der Waals surface area contributed by atoms with Gasteiger partial charge in [0.1, 0.15) is 5.75 Å². The first-order valence-corrected chi connectivity index (χ1v) is 5.89. The van der Waals surface area contributed by atoms with E-state index in [1.165, 1.54) is 6.07 Å². The topological polar surface area (TPSA) is 64.3 Å². The minimum Gasteiger partial charge on any atom is -0.483 e. The molecule has 1 aromatic rings. The Morgan fingerprint density at radius 2 is 1.90 bits per heavy atom. The number of carbonyl (C=O) groups excluding carboxylic acids is 1. The monoisotopic (exact) mass is 290 g/mol. The molecule has 112 valence electrons. The molecule has 0 spiro atoms. The number of benzene rings is 1. The van der Waals surface area contributed by atoms with E-state index in [1.54, 1.807) is 20.8 Å². The van der Waals surface area contributed by atoms with Crippen molar-refractivity contribution in [2.45, 2.75) is 32.5 Å². The van der Waals surface area contributed by atoms with Crippen LogP contribution in [0.3, 0.4) is 0 Å². The lowest BCUT2D eigenvalue weighted by Gasteiger charge is -2.21. The molecule has 0 aliphatic heterocycles. The first-order valence-electron chi connectivity index (χ1n) is 5.89. The highest BCUT2D eigenvalue weighted by Crippen LogP contribution is 2.37. The van der Waals surface area contributed by atoms with E-state index in [0.717, 1.165) is 12.1 Å². The van der Waals surface area contributed by atoms with Crippen molar-refractivity contribution in [2.75, 3.05) is 12.3 Å². The van der Waals surface area contributed by atoms with Gasteiger partial charge in [-0.15, -0.1) is 0 Å². The van der Waals surface area contributed by atoms with Crippen LogP contribution in [0.5, 0.6) is 5.75 Å². The summed E-state index contributed by atoms with van der Waals surface area (Å²) in [7, 11) is 0. The van der Waals surface area contributed by atoms with Gasteiger partial charge in [-0.3, -0.25) is 4.79 Å². The Hall–Kier alpha value is -1.92. The van der Waals surface area contributed by atoms with Crippen LogP contribution in [-0.4, -0.2) is 18.1 Å². The lowest BCUT2D eigenvalue weighted by Crippen LogP contribution is -2.43. The maximum atomic E-state index is 12.8. The molecule has 0 atom stereocenters. The average molecular weight is 290 g/mol. The molecule has 0 unspecified atom stereocenters. The quantitative estimate of drug-likeness (QED) is 0.841. The van der Waals surface area contributed by atoms with Crippen LogP contribution in [0.15, 0.2) is 18.2 Å². The molecule has 0 saturated carbocycles. The van der Waals surface area contributed by atoms with Gasteiger partial charge in [0.25, 0.3) is 5.91 Å². The number of nitrogen functional groups attached to an aromatic ring is 1. The number of rotatable bonds is 3. The Kier molecular flexibility index (Phi) is 4.52. The van der Waals surface area contributed by atoms with Crippen molar-refractivity contribution in [3.8, 4) is 5.75 Å². The molecule has 0 aromatic heterocycles. The zero-order valence-corrected chi connectivity index (χ0v) is 11.5. The Morgan fingerprint density at radius 1 is 1.30 bits per heavy atom. The lowest BCUT2D eigenvalue weighted by molar-refractivity contribution is -0.139. The lowest BCUT2D eigenvalue weighted by atomic mass is 10.1. The molecule has 4 nitrogen and oxygen atoms in total. The Bertz CT molecular complexity index is 493. The third kappa shape index (κ3) is 4.99. The fourth-order valence-corrected chi connectivity index (χ4v) is 1.49. The Balaban J connectivity index is 2.81. The molecule has 1 amide bonds. The van der Waals surface area contributed by atoms with Crippen molar-refractivity contribution < 1.29 is 22.7 Å². The van der Waals surface area contributed by atoms with E-state index >= 15 is 0 Å². The van der Waals surface area contributed by atoms with Crippen molar-refractivity contribution >= 4 is 11.6 Å². The van der Waals surface area contributed by atoms with Crippen LogP contribution in [0, 0.1) is 0 Å². The van der Waals surface area contributed by atoms with Gasteiger partial charge in [0, 0.05) is 11.2 Å². The fourth-order valence-electron chi connectivity index (χ4n) is 1.49. The van der Waals surface area contributed by atoms with E-state index in [-0.39, 0.29) is 5.69 Å². The van der Waals surface area contributed by atoms with Gasteiger partial charge in [0.05, 0.1) is 5.56 Å². The largest absolute Gasteiger partial charge is 0.483 e. The zero-order valence-electron chi connectivity index (χ0n) is 11.5. The van der Waals surface area contributed by atoms with Crippen LogP contribution in [-0.2, 0) is 11.0 Å². The summed E-state index contributed by atoms with van der Waals surface area (Å²) in [4.78, 5) is 11.5. The number of hydrogen-bond acceptors (Lipinski definition) is 3. The van der Waals surface area contributed by atoms with Gasteiger partial charge in [-0.05, 0) is 39.0 Å².